The Morgan fingerprint density at radius 1 is 1.27 bits per heavy atom. The van der Waals surface area contributed by atoms with Gasteiger partial charge in [0.1, 0.15) is 0 Å². The summed E-state index contributed by atoms with van der Waals surface area (Å²) < 4.78 is 5.50. The number of nitrogens with one attached hydrogen (secondary N) is 1. The van der Waals surface area contributed by atoms with Gasteiger partial charge in [0, 0.05) is 25.7 Å². The van der Waals surface area contributed by atoms with E-state index in [-0.39, 0.29) is 0 Å². The molecule has 0 aromatic rings. The van der Waals surface area contributed by atoms with Crippen LogP contribution in [0.1, 0.15) is 26.2 Å². The second-order valence-electron chi connectivity index (χ2n) is 4.71. The SMILES string of the molecule is CCNCC1CCC1N1CCCOCC1. The molecule has 2 fully saturated rings. The van der Waals surface area contributed by atoms with Crippen molar-refractivity contribution in [2.45, 2.75) is 32.2 Å². The van der Waals surface area contributed by atoms with Gasteiger partial charge in [-0.15, -0.1) is 0 Å². The lowest BCUT2D eigenvalue weighted by Gasteiger charge is -2.44. The highest BCUT2D eigenvalue weighted by Gasteiger charge is 2.34. The zero-order valence-corrected chi connectivity index (χ0v) is 9.87. The summed E-state index contributed by atoms with van der Waals surface area (Å²) in [5.41, 5.74) is 0. The maximum absolute atomic E-state index is 5.50. The van der Waals surface area contributed by atoms with Crippen LogP contribution in [0.25, 0.3) is 0 Å². The summed E-state index contributed by atoms with van der Waals surface area (Å²) >= 11 is 0. The fraction of sp³-hybridized carbons (Fsp3) is 1.00. The Balaban J connectivity index is 1.76. The van der Waals surface area contributed by atoms with Crippen molar-refractivity contribution in [2.24, 2.45) is 5.92 Å². The molecule has 2 rings (SSSR count). The minimum atomic E-state index is 0.839. The van der Waals surface area contributed by atoms with Crippen LogP contribution in [0, 0.1) is 5.92 Å². The van der Waals surface area contributed by atoms with E-state index in [0.717, 1.165) is 38.3 Å². The van der Waals surface area contributed by atoms with Gasteiger partial charge in [0.05, 0.1) is 6.61 Å². The summed E-state index contributed by atoms with van der Waals surface area (Å²) in [6.07, 6.45) is 4.02. The Morgan fingerprint density at radius 2 is 2.20 bits per heavy atom. The average Bonchev–Trinajstić information content (AvgIpc) is 2.46. The lowest BCUT2D eigenvalue weighted by molar-refractivity contribution is 0.0572. The molecular formula is C12H24N2O. The summed E-state index contributed by atoms with van der Waals surface area (Å²) in [7, 11) is 0. The van der Waals surface area contributed by atoms with Gasteiger partial charge >= 0.3 is 0 Å². The summed E-state index contributed by atoms with van der Waals surface area (Å²) in [4.78, 5) is 2.65. The van der Waals surface area contributed by atoms with Gasteiger partial charge in [-0.25, -0.2) is 0 Å². The second-order valence-corrected chi connectivity index (χ2v) is 4.71. The van der Waals surface area contributed by atoms with E-state index in [1.165, 1.54) is 32.4 Å². The molecule has 0 spiro atoms. The van der Waals surface area contributed by atoms with E-state index >= 15 is 0 Å². The first kappa shape index (κ1) is 11.4. The molecule has 1 aliphatic heterocycles. The molecule has 3 nitrogen and oxygen atoms in total. The predicted molar refractivity (Wildman–Crippen MR) is 62.1 cm³/mol. The van der Waals surface area contributed by atoms with Crippen LogP contribution >= 0.6 is 0 Å². The number of ether oxygens (including phenoxy) is 1. The zero-order valence-electron chi connectivity index (χ0n) is 9.87. The first-order chi connectivity index (χ1) is 7.42. The zero-order chi connectivity index (χ0) is 10.5. The molecule has 0 amide bonds. The number of hydrogen-bond donors (Lipinski definition) is 1. The quantitative estimate of drug-likeness (QED) is 0.755. The second kappa shape index (κ2) is 5.83. The maximum Gasteiger partial charge on any atom is 0.0593 e. The highest BCUT2D eigenvalue weighted by atomic mass is 16.5. The van der Waals surface area contributed by atoms with Crippen LogP contribution in [-0.2, 0) is 4.74 Å². The molecule has 1 heterocycles. The Bertz CT molecular complexity index is 178. The average molecular weight is 212 g/mol. The molecule has 1 aliphatic carbocycles. The molecule has 2 unspecified atom stereocenters. The van der Waals surface area contributed by atoms with E-state index in [4.69, 9.17) is 4.74 Å². The third-order valence-corrected chi connectivity index (χ3v) is 3.76. The van der Waals surface area contributed by atoms with Gasteiger partial charge in [0.2, 0.25) is 0 Å². The molecule has 3 heteroatoms. The topological polar surface area (TPSA) is 24.5 Å². The van der Waals surface area contributed by atoms with Crippen molar-refractivity contribution in [3.63, 3.8) is 0 Å². The molecule has 0 aromatic carbocycles. The van der Waals surface area contributed by atoms with Crippen molar-refractivity contribution in [1.82, 2.24) is 10.2 Å². The first-order valence-corrected chi connectivity index (χ1v) is 6.44. The van der Waals surface area contributed by atoms with Crippen LogP contribution in [0.2, 0.25) is 0 Å². The van der Waals surface area contributed by atoms with E-state index in [0.29, 0.717) is 0 Å². The van der Waals surface area contributed by atoms with Crippen molar-refractivity contribution in [2.75, 3.05) is 39.4 Å². The van der Waals surface area contributed by atoms with E-state index in [9.17, 15) is 0 Å². The lowest BCUT2D eigenvalue weighted by Crippen LogP contribution is -2.51. The van der Waals surface area contributed by atoms with E-state index in [1.807, 2.05) is 0 Å². The molecule has 2 atom stereocenters. The Labute approximate surface area is 93.2 Å². The van der Waals surface area contributed by atoms with Crippen molar-refractivity contribution in [3.05, 3.63) is 0 Å². The molecular weight excluding hydrogens is 188 g/mol. The summed E-state index contributed by atoms with van der Waals surface area (Å²) in [6.45, 7) is 8.78. The Hall–Kier alpha value is -0.120. The largest absolute Gasteiger partial charge is 0.380 e. The third kappa shape index (κ3) is 2.92. The Morgan fingerprint density at radius 3 is 2.93 bits per heavy atom. The van der Waals surface area contributed by atoms with Crippen LogP contribution < -0.4 is 5.32 Å². The first-order valence-electron chi connectivity index (χ1n) is 6.44. The van der Waals surface area contributed by atoms with E-state index in [2.05, 4.69) is 17.1 Å². The minimum absolute atomic E-state index is 0.839. The maximum atomic E-state index is 5.50. The van der Waals surface area contributed by atoms with Gasteiger partial charge in [-0.05, 0) is 38.3 Å². The van der Waals surface area contributed by atoms with Gasteiger partial charge < -0.3 is 10.1 Å². The fourth-order valence-corrected chi connectivity index (χ4v) is 2.70. The van der Waals surface area contributed by atoms with E-state index < -0.39 is 0 Å². The number of rotatable bonds is 4. The van der Waals surface area contributed by atoms with E-state index in [1.54, 1.807) is 0 Å². The monoisotopic (exact) mass is 212 g/mol. The van der Waals surface area contributed by atoms with Crippen LogP contribution in [-0.4, -0.2) is 50.3 Å². The molecule has 1 saturated heterocycles. The molecule has 0 radical (unpaired) electrons. The summed E-state index contributed by atoms with van der Waals surface area (Å²) in [5, 5.41) is 3.48. The predicted octanol–water partition coefficient (Wildman–Crippen LogP) is 1.10. The molecule has 0 aromatic heterocycles. The highest BCUT2D eigenvalue weighted by molar-refractivity contribution is 4.90. The number of hydrogen-bond acceptors (Lipinski definition) is 3. The smallest absolute Gasteiger partial charge is 0.0593 e. The standard InChI is InChI=1S/C12H24N2O/c1-2-13-10-11-4-5-12(11)14-6-3-8-15-9-7-14/h11-13H,2-10H2,1H3. The van der Waals surface area contributed by atoms with Crippen molar-refractivity contribution in [3.8, 4) is 0 Å². The molecule has 1 N–H and O–H groups in total. The van der Waals surface area contributed by atoms with Crippen LogP contribution in [0.15, 0.2) is 0 Å². The molecule has 15 heavy (non-hydrogen) atoms. The molecule has 88 valence electrons. The third-order valence-electron chi connectivity index (χ3n) is 3.76. The fourth-order valence-electron chi connectivity index (χ4n) is 2.70. The normalized spacial score (nSPS) is 33.4. The lowest BCUT2D eigenvalue weighted by atomic mass is 9.78. The molecule has 1 saturated carbocycles. The highest BCUT2D eigenvalue weighted by Crippen LogP contribution is 2.32. The van der Waals surface area contributed by atoms with Crippen molar-refractivity contribution >= 4 is 0 Å². The van der Waals surface area contributed by atoms with Crippen molar-refractivity contribution in [1.29, 1.82) is 0 Å². The van der Waals surface area contributed by atoms with Crippen LogP contribution in [0.5, 0.6) is 0 Å². The Kier molecular flexibility index (Phi) is 4.42. The van der Waals surface area contributed by atoms with Crippen LogP contribution in [0.4, 0.5) is 0 Å². The van der Waals surface area contributed by atoms with Gasteiger partial charge in [-0.3, -0.25) is 4.90 Å². The van der Waals surface area contributed by atoms with Gasteiger partial charge in [-0.2, -0.15) is 0 Å². The van der Waals surface area contributed by atoms with Crippen LogP contribution in [0.3, 0.4) is 0 Å². The van der Waals surface area contributed by atoms with Gasteiger partial charge in [0.15, 0.2) is 0 Å². The van der Waals surface area contributed by atoms with Crippen molar-refractivity contribution < 1.29 is 4.74 Å². The summed E-state index contributed by atoms with van der Waals surface area (Å²) in [5.74, 6) is 0.892. The minimum Gasteiger partial charge on any atom is -0.380 e. The number of nitrogens with zero attached hydrogens (tertiary/aromatic N) is 1. The van der Waals surface area contributed by atoms with Gasteiger partial charge in [0.25, 0.3) is 0 Å². The summed E-state index contributed by atoms with van der Waals surface area (Å²) in [6, 6.07) is 0.839. The molecule has 2 aliphatic rings. The van der Waals surface area contributed by atoms with Gasteiger partial charge in [-0.1, -0.05) is 6.92 Å². The molecule has 0 bridgehead atoms.